The summed E-state index contributed by atoms with van der Waals surface area (Å²) in [5.74, 6) is -0.418. The first-order chi connectivity index (χ1) is 9.58. The van der Waals surface area contributed by atoms with Gasteiger partial charge in [-0.25, -0.2) is 9.78 Å². The molecule has 0 aliphatic rings. The molecule has 0 radical (unpaired) electrons. The number of hydrogen-bond acceptors (Lipinski definition) is 6. The van der Waals surface area contributed by atoms with Crippen molar-refractivity contribution in [2.75, 3.05) is 21.3 Å². The number of hydrogen-bond donors (Lipinski definition) is 0. The Kier molecular flexibility index (Phi) is 4.39. The molecule has 0 fully saturated rings. The lowest BCUT2D eigenvalue weighted by atomic mass is 10.1. The molecule has 1 aromatic heterocycles. The molecular weight excluding hydrogens is 284 g/mol. The Morgan fingerprint density at radius 1 is 1.25 bits per heavy atom. The van der Waals surface area contributed by atoms with E-state index in [1.807, 2.05) is 12.1 Å². The summed E-state index contributed by atoms with van der Waals surface area (Å²) in [6.45, 7) is 0. The molecular formula is C13H13ClN2O4. The van der Waals surface area contributed by atoms with Gasteiger partial charge in [-0.15, -0.1) is 0 Å². The zero-order valence-corrected chi connectivity index (χ0v) is 12.0. The van der Waals surface area contributed by atoms with Gasteiger partial charge in [0.1, 0.15) is 5.15 Å². The first-order valence-corrected chi connectivity index (χ1v) is 6.08. The van der Waals surface area contributed by atoms with Crippen LogP contribution in [0.1, 0.15) is 10.5 Å². The maximum atomic E-state index is 12.0. The molecule has 7 heteroatoms. The normalized spacial score (nSPS) is 10.8. The van der Waals surface area contributed by atoms with Crippen LogP contribution >= 0.6 is 11.6 Å². The second-order valence-electron chi connectivity index (χ2n) is 3.83. The van der Waals surface area contributed by atoms with Crippen LogP contribution in [-0.4, -0.2) is 37.4 Å². The SMILES string of the molecule is COc1c(C(=O)ON(C)OC)nc(Cl)c2ccccc12. The van der Waals surface area contributed by atoms with Crippen molar-refractivity contribution >= 4 is 28.3 Å². The van der Waals surface area contributed by atoms with Crippen LogP contribution in [0.15, 0.2) is 24.3 Å². The molecule has 106 valence electrons. The summed E-state index contributed by atoms with van der Waals surface area (Å²) in [5.41, 5.74) is -0.0138. The van der Waals surface area contributed by atoms with Crippen LogP contribution in [0.4, 0.5) is 0 Å². The van der Waals surface area contributed by atoms with Crippen LogP contribution in [-0.2, 0) is 9.68 Å². The number of nitrogens with zero attached hydrogens (tertiary/aromatic N) is 2. The second-order valence-corrected chi connectivity index (χ2v) is 4.19. The van der Waals surface area contributed by atoms with E-state index in [0.717, 1.165) is 5.23 Å². The number of hydroxylamine groups is 2. The molecule has 0 bridgehead atoms. The molecule has 20 heavy (non-hydrogen) atoms. The topological polar surface area (TPSA) is 60.9 Å². The number of rotatable bonds is 4. The van der Waals surface area contributed by atoms with Crippen molar-refractivity contribution in [2.45, 2.75) is 0 Å². The second kappa shape index (κ2) is 6.04. The fourth-order valence-corrected chi connectivity index (χ4v) is 1.99. The van der Waals surface area contributed by atoms with Crippen molar-refractivity contribution in [1.82, 2.24) is 10.2 Å². The minimum atomic E-state index is -0.723. The largest absolute Gasteiger partial charge is 0.494 e. The highest BCUT2D eigenvalue weighted by Gasteiger charge is 2.22. The molecule has 0 spiro atoms. The molecule has 1 aromatic carbocycles. The Morgan fingerprint density at radius 3 is 2.50 bits per heavy atom. The molecule has 2 aromatic rings. The maximum Gasteiger partial charge on any atom is 0.381 e. The fourth-order valence-electron chi connectivity index (χ4n) is 1.74. The van der Waals surface area contributed by atoms with Crippen LogP contribution in [0.25, 0.3) is 10.8 Å². The highest BCUT2D eigenvalue weighted by molar-refractivity contribution is 6.34. The van der Waals surface area contributed by atoms with Gasteiger partial charge in [0.05, 0.1) is 21.3 Å². The Bertz CT molecular complexity index is 648. The molecule has 0 amide bonds. The van der Waals surface area contributed by atoms with Gasteiger partial charge in [-0.2, -0.15) is 0 Å². The van der Waals surface area contributed by atoms with Gasteiger partial charge in [0, 0.05) is 10.8 Å². The van der Waals surface area contributed by atoms with Gasteiger partial charge in [0.25, 0.3) is 0 Å². The Balaban J connectivity index is 2.56. The third-order valence-electron chi connectivity index (χ3n) is 2.69. The van der Waals surface area contributed by atoms with E-state index in [2.05, 4.69) is 4.98 Å². The molecule has 0 aliphatic heterocycles. The number of carbonyl (C=O) groups is 1. The summed E-state index contributed by atoms with van der Waals surface area (Å²) in [5, 5.41) is 2.49. The summed E-state index contributed by atoms with van der Waals surface area (Å²) >= 11 is 6.09. The molecule has 0 saturated carbocycles. The quantitative estimate of drug-likeness (QED) is 0.638. The number of ether oxygens (including phenoxy) is 1. The number of carbonyl (C=O) groups excluding carboxylic acids is 1. The van der Waals surface area contributed by atoms with Gasteiger partial charge in [0.2, 0.25) is 0 Å². The van der Waals surface area contributed by atoms with E-state index in [9.17, 15) is 4.79 Å². The van der Waals surface area contributed by atoms with Crippen molar-refractivity contribution < 1.29 is 19.2 Å². The van der Waals surface area contributed by atoms with Gasteiger partial charge in [0.15, 0.2) is 11.4 Å². The predicted octanol–water partition coefficient (Wildman–Crippen LogP) is 2.46. The lowest BCUT2D eigenvalue weighted by molar-refractivity contribution is -0.303. The molecule has 0 saturated heterocycles. The molecule has 6 nitrogen and oxygen atoms in total. The van der Waals surface area contributed by atoms with Gasteiger partial charge in [-0.1, -0.05) is 35.9 Å². The van der Waals surface area contributed by atoms with Crippen LogP contribution in [0, 0.1) is 0 Å². The Morgan fingerprint density at radius 2 is 1.90 bits per heavy atom. The van der Waals surface area contributed by atoms with Crippen molar-refractivity contribution in [1.29, 1.82) is 0 Å². The molecule has 0 aliphatic carbocycles. The monoisotopic (exact) mass is 296 g/mol. The molecule has 2 rings (SSSR count). The zero-order valence-electron chi connectivity index (χ0n) is 11.2. The number of pyridine rings is 1. The first kappa shape index (κ1) is 14.5. The predicted molar refractivity (Wildman–Crippen MR) is 73.5 cm³/mol. The highest BCUT2D eigenvalue weighted by Crippen LogP contribution is 2.32. The van der Waals surface area contributed by atoms with E-state index < -0.39 is 5.97 Å². The van der Waals surface area contributed by atoms with Crippen LogP contribution in [0.5, 0.6) is 5.75 Å². The molecule has 0 unspecified atom stereocenters. The van der Waals surface area contributed by atoms with E-state index in [1.165, 1.54) is 21.3 Å². The van der Waals surface area contributed by atoms with Crippen molar-refractivity contribution in [2.24, 2.45) is 0 Å². The van der Waals surface area contributed by atoms with Crippen molar-refractivity contribution in [3.63, 3.8) is 0 Å². The van der Waals surface area contributed by atoms with Gasteiger partial charge >= 0.3 is 5.97 Å². The van der Waals surface area contributed by atoms with Crippen LogP contribution in [0.3, 0.4) is 0 Å². The van der Waals surface area contributed by atoms with E-state index in [1.54, 1.807) is 12.1 Å². The first-order valence-electron chi connectivity index (χ1n) is 5.70. The minimum Gasteiger partial charge on any atom is -0.494 e. The number of halogens is 1. The molecule has 0 N–H and O–H groups in total. The third kappa shape index (κ3) is 2.67. The lowest BCUT2D eigenvalue weighted by Gasteiger charge is -2.15. The summed E-state index contributed by atoms with van der Waals surface area (Å²) in [6.07, 6.45) is 0. The van der Waals surface area contributed by atoms with E-state index in [4.69, 9.17) is 26.0 Å². The number of aromatic nitrogens is 1. The number of benzene rings is 1. The maximum absolute atomic E-state index is 12.0. The van der Waals surface area contributed by atoms with Gasteiger partial charge < -0.3 is 9.57 Å². The van der Waals surface area contributed by atoms with Crippen molar-refractivity contribution in [3.8, 4) is 5.75 Å². The number of fused-ring (bicyclic) bond motifs is 1. The summed E-state index contributed by atoms with van der Waals surface area (Å²) in [7, 11) is 4.26. The smallest absolute Gasteiger partial charge is 0.381 e. The molecule has 0 atom stereocenters. The highest BCUT2D eigenvalue weighted by atomic mass is 35.5. The minimum absolute atomic E-state index is 0.0138. The Hall–Kier alpha value is -1.89. The average molecular weight is 297 g/mol. The number of methoxy groups -OCH3 is 1. The average Bonchev–Trinajstić information content (AvgIpc) is 2.47. The standard InChI is InChI=1S/C13H13ClN2O4/c1-16(19-3)20-13(17)10-11(18-2)8-6-4-5-7-9(8)12(14)15-10/h4-7H,1-3H3. The summed E-state index contributed by atoms with van der Waals surface area (Å²) in [6, 6.07) is 7.23. The molecule has 1 heterocycles. The summed E-state index contributed by atoms with van der Waals surface area (Å²) < 4.78 is 5.27. The van der Waals surface area contributed by atoms with E-state index in [-0.39, 0.29) is 10.8 Å². The van der Waals surface area contributed by atoms with Crippen LogP contribution in [0.2, 0.25) is 5.15 Å². The third-order valence-corrected chi connectivity index (χ3v) is 2.97. The Labute approximate surface area is 120 Å². The van der Waals surface area contributed by atoms with Gasteiger partial charge in [-0.3, -0.25) is 4.84 Å². The van der Waals surface area contributed by atoms with Crippen LogP contribution < -0.4 is 4.74 Å². The van der Waals surface area contributed by atoms with E-state index in [0.29, 0.717) is 16.5 Å². The van der Waals surface area contributed by atoms with Crippen molar-refractivity contribution in [3.05, 3.63) is 35.1 Å². The van der Waals surface area contributed by atoms with Gasteiger partial charge in [-0.05, 0) is 5.23 Å². The summed E-state index contributed by atoms with van der Waals surface area (Å²) in [4.78, 5) is 25.7. The van der Waals surface area contributed by atoms with E-state index >= 15 is 0 Å². The zero-order chi connectivity index (χ0) is 14.7. The fraction of sp³-hybridized carbons (Fsp3) is 0.231. The lowest BCUT2D eigenvalue weighted by Crippen LogP contribution is -2.23.